The van der Waals surface area contributed by atoms with E-state index in [2.05, 4.69) is 36.6 Å². The van der Waals surface area contributed by atoms with E-state index in [0.29, 0.717) is 11.6 Å². The average molecular weight is 471 g/mol. The smallest absolute Gasteiger partial charge is 0.227 e. The van der Waals surface area contributed by atoms with Crippen LogP contribution in [0.4, 0.5) is 21.8 Å². The summed E-state index contributed by atoms with van der Waals surface area (Å²) in [6.07, 6.45) is 12.2. The van der Waals surface area contributed by atoms with Crippen LogP contribution in [0.15, 0.2) is 49.1 Å². The van der Waals surface area contributed by atoms with E-state index in [1.807, 2.05) is 37.6 Å². The second-order valence-corrected chi connectivity index (χ2v) is 9.00. The van der Waals surface area contributed by atoms with E-state index in [1.54, 1.807) is 16.7 Å². The van der Waals surface area contributed by atoms with E-state index in [1.165, 1.54) is 0 Å². The van der Waals surface area contributed by atoms with Crippen molar-refractivity contribution in [1.29, 1.82) is 0 Å². The number of fused-ring (bicyclic) bond motifs is 2. The molecule has 5 heterocycles. The van der Waals surface area contributed by atoms with Gasteiger partial charge in [-0.15, -0.1) is 0 Å². The number of pyridine rings is 2. The summed E-state index contributed by atoms with van der Waals surface area (Å²) >= 11 is 0. The van der Waals surface area contributed by atoms with Gasteiger partial charge in [0.2, 0.25) is 5.95 Å². The molecule has 1 fully saturated rings. The van der Waals surface area contributed by atoms with Gasteiger partial charge < -0.3 is 19.9 Å². The Balaban J connectivity index is 1.27. The lowest BCUT2D eigenvalue weighted by Crippen LogP contribution is -2.43. The SMILES string of the molecule is Cc1cnc2c(F)cc(C3=CCCCc4nc(Nc5ccc(N6CCNCC6)nc5)ncc43)cn12. The molecule has 6 rings (SSSR count). The molecule has 2 aliphatic rings. The topological polar surface area (TPSA) is 83.3 Å². The molecule has 9 heteroatoms. The molecule has 1 aliphatic heterocycles. The maximum Gasteiger partial charge on any atom is 0.227 e. The molecule has 0 radical (unpaired) electrons. The Morgan fingerprint density at radius 2 is 1.94 bits per heavy atom. The molecular weight excluding hydrogens is 443 g/mol. The number of imidazole rings is 1. The van der Waals surface area contributed by atoms with Crippen LogP contribution in [0.3, 0.4) is 0 Å². The van der Waals surface area contributed by atoms with Crippen LogP contribution in [-0.4, -0.2) is 50.5 Å². The van der Waals surface area contributed by atoms with E-state index < -0.39 is 0 Å². The van der Waals surface area contributed by atoms with E-state index in [4.69, 9.17) is 4.98 Å². The van der Waals surface area contributed by atoms with Gasteiger partial charge in [0, 0.05) is 61.6 Å². The zero-order valence-corrected chi connectivity index (χ0v) is 19.6. The van der Waals surface area contributed by atoms with Crippen LogP contribution in [0, 0.1) is 12.7 Å². The molecule has 0 amide bonds. The maximum atomic E-state index is 14.8. The summed E-state index contributed by atoms with van der Waals surface area (Å²) in [5.41, 5.74) is 5.74. The first-order valence-electron chi connectivity index (χ1n) is 12.0. The number of hydrogen-bond acceptors (Lipinski definition) is 7. The zero-order chi connectivity index (χ0) is 23.8. The molecule has 0 spiro atoms. The number of halogens is 1. The predicted molar refractivity (Wildman–Crippen MR) is 135 cm³/mol. The molecule has 35 heavy (non-hydrogen) atoms. The van der Waals surface area contributed by atoms with Crippen LogP contribution >= 0.6 is 0 Å². The Kier molecular flexibility index (Phi) is 5.61. The normalized spacial score (nSPS) is 16.1. The molecule has 0 bridgehead atoms. The van der Waals surface area contributed by atoms with Crippen molar-refractivity contribution in [3.05, 3.63) is 77.4 Å². The Labute approximate surface area is 203 Å². The number of rotatable bonds is 4. The summed E-state index contributed by atoms with van der Waals surface area (Å²) in [6, 6.07) is 5.59. The summed E-state index contributed by atoms with van der Waals surface area (Å²) in [6.45, 7) is 5.79. The summed E-state index contributed by atoms with van der Waals surface area (Å²) in [5.74, 6) is 1.18. The minimum atomic E-state index is -0.335. The van der Waals surface area contributed by atoms with Crippen molar-refractivity contribution in [2.45, 2.75) is 26.2 Å². The van der Waals surface area contributed by atoms with E-state index in [9.17, 15) is 4.39 Å². The highest BCUT2D eigenvalue weighted by Crippen LogP contribution is 2.31. The van der Waals surface area contributed by atoms with Crippen LogP contribution in [0.1, 0.15) is 35.4 Å². The van der Waals surface area contributed by atoms with Gasteiger partial charge >= 0.3 is 0 Å². The standard InChI is InChI=1S/C26H27FN8/c1-17-13-30-25-22(27)12-18(16-35(17)25)20-4-2-3-5-23-21(20)15-31-26(33-23)32-19-6-7-24(29-14-19)34-10-8-28-9-11-34/h4,6-7,12-16,28H,2-3,5,8-11H2,1H3,(H,31,32,33). The molecule has 0 saturated carbocycles. The van der Waals surface area contributed by atoms with Gasteiger partial charge in [0.15, 0.2) is 11.5 Å². The third-order valence-electron chi connectivity index (χ3n) is 6.63. The molecule has 2 N–H and O–H groups in total. The molecular formula is C26H27FN8. The number of allylic oxidation sites excluding steroid dienone is 1. The molecule has 0 aromatic carbocycles. The first kappa shape index (κ1) is 21.7. The summed E-state index contributed by atoms with van der Waals surface area (Å²) < 4.78 is 16.6. The molecule has 1 aliphatic carbocycles. The van der Waals surface area contributed by atoms with Crippen molar-refractivity contribution in [2.75, 3.05) is 36.4 Å². The van der Waals surface area contributed by atoms with E-state index >= 15 is 0 Å². The molecule has 178 valence electrons. The van der Waals surface area contributed by atoms with Crippen molar-refractivity contribution in [1.82, 2.24) is 29.7 Å². The third-order valence-corrected chi connectivity index (χ3v) is 6.63. The number of nitrogens with one attached hydrogen (secondary N) is 2. The van der Waals surface area contributed by atoms with Crippen LogP contribution in [0.5, 0.6) is 0 Å². The maximum absolute atomic E-state index is 14.8. The second kappa shape index (κ2) is 9.07. The zero-order valence-electron chi connectivity index (χ0n) is 19.6. The van der Waals surface area contributed by atoms with Gasteiger partial charge in [-0.05, 0) is 50.0 Å². The molecule has 1 saturated heterocycles. The minimum Gasteiger partial charge on any atom is -0.354 e. The highest BCUT2D eigenvalue weighted by atomic mass is 19.1. The quantitative estimate of drug-likeness (QED) is 0.468. The number of aryl methyl sites for hydroxylation is 2. The first-order valence-corrected chi connectivity index (χ1v) is 12.0. The fourth-order valence-electron chi connectivity index (χ4n) is 4.77. The van der Waals surface area contributed by atoms with Gasteiger partial charge in [-0.2, -0.15) is 0 Å². The number of aromatic nitrogens is 5. The monoisotopic (exact) mass is 470 g/mol. The molecule has 8 nitrogen and oxygen atoms in total. The van der Waals surface area contributed by atoms with Crippen LogP contribution in [0.25, 0.3) is 11.2 Å². The minimum absolute atomic E-state index is 0.335. The van der Waals surface area contributed by atoms with Crippen molar-refractivity contribution in [2.24, 2.45) is 0 Å². The van der Waals surface area contributed by atoms with Gasteiger partial charge in [-0.3, -0.25) is 0 Å². The van der Waals surface area contributed by atoms with E-state index in [-0.39, 0.29) is 5.82 Å². The number of hydrogen-bond donors (Lipinski definition) is 2. The van der Waals surface area contributed by atoms with Crippen LogP contribution in [-0.2, 0) is 6.42 Å². The van der Waals surface area contributed by atoms with Crippen LogP contribution < -0.4 is 15.5 Å². The van der Waals surface area contributed by atoms with Crippen molar-refractivity contribution in [3.8, 4) is 0 Å². The highest BCUT2D eigenvalue weighted by Gasteiger charge is 2.19. The van der Waals surface area contributed by atoms with Gasteiger partial charge in [0.25, 0.3) is 0 Å². The number of piperazine rings is 1. The number of anilines is 3. The third kappa shape index (κ3) is 4.23. The van der Waals surface area contributed by atoms with Crippen molar-refractivity contribution in [3.63, 3.8) is 0 Å². The summed E-state index contributed by atoms with van der Waals surface area (Å²) in [4.78, 5) is 20.5. The predicted octanol–water partition coefficient (Wildman–Crippen LogP) is 3.89. The van der Waals surface area contributed by atoms with Crippen molar-refractivity contribution < 1.29 is 4.39 Å². The Hall–Kier alpha value is -3.85. The lowest BCUT2D eigenvalue weighted by atomic mass is 9.99. The van der Waals surface area contributed by atoms with Crippen LogP contribution in [0.2, 0.25) is 0 Å². The van der Waals surface area contributed by atoms with Gasteiger partial charge in [0.05, 0.1) is 17.6 Å². The molecule has 0 unspecified atom stereocenters. The van der Waals surface area contributed by atoms with Gasteiger partial charge in [-0.25, -0.2) is 24.3 Å². The first-order chi connectivity index (χ1) is 17.2. The fourth-order valence-corrected chi connectivity index (χ4v) is 4.77. The largest absolute Gasteiger partial charge is 0.354 e. The Morgan fingerprint density at radius 3 is 2.77 bits per heavy atom. The molecule has 0 atom stereocenters. The highest BCUT2D eigenvalue weighted by molar-refractivity contribution is 5.81. The van der Waals surface area contributed by atoms with E-state index in [0.717, 1.165) is 85.0 Å². The van der Waals surface area contributed by atoms with Gasteiger partial charge in [0.1, 0.15) is 5.82 Å². The number of nitrogens with zero attached hydrogens (tertiary/aromatic N) is 6. The average Bonchev–Trinajstić information content (AvgIpc) is 3.13. The summed E-state index contributed by atoms with van der Waals surface area (Å²) in [7, 11) is 0. The Bertz CT molecular complexity index is 1400. The van der Waals surface area contributed by atoms with Gasteiger partial charge in [-0.1, -0.05) is 6.08 Å². The lowest BCUT2D eigenvalue weighted by Gasteiger charge is -2.28. The molecule has 4 aromatic rings. The molecule has 4 aromatic heterocycles. The second-order valence-electron chi connectivity index (χ2n) is 9.00. The fraction of sp³-hybridized carbons (Fsp3) is 0.308. The Morgan fingerprint density at radius 1 is 1.06 bits per heavy atom. The lowest BCUT2D eigenvalue weighted by molar-refractivity contribution is 0.585. The van der Waals surface area contributed by atoms with Crippen molar-refractivity contribution >= 4 is 28.7 Å². The summed E-state index contributed by atoms with van der Waals surface area (Å²) in [5, 5.41) is 6.65.